The summed E-state index contributed by atoms with van der Waals surface area (Å²) in [6.07, 6.45) is 1.43. The highest BCUT2D eigenvalue weighted by molar-refractivity contribution is 7.88. The van der Waals surface area contributed by atoms with Crippen LogP contribution in [0.4, 0.5) is 10.5 Å². The fraction of sp³-hybridized carbons (Fsp3) is 0.429. The Morgan fingerprint density at radius 1 is 1.38 bits per heavy atom. The summed E-state index contributed by atoms with van der Waals surface area (Å²) in [5.41, 5.74) is 0.492. The smallest absolute Gasteiger partial charge is 0.319 e. The van der Waals surface area contributed by atoms with Gasteiger partial charge in [0.25, 0.3) is 0 Å². The van der Waals surface area contributed by atoms with Gasteiger partial charge in [-0.15, -0.1) is 0 Å². The van der Waals surface area contributed by atoms with Gasteiger partial charge in [-0.25, -0.2) is 17.9 Å². The highest BCUT2D eigenvalue weighted by Gasteiger charge is 2.32. The van der Waals surface area contributed by atoms with Gasteiger partial charge in [-0.05, 0) is 18.6 Å². The van der Waals surface area contributed by atoms with Gasteiger partial charge >= 0.3 is 6.03 Å². The van der Waals surface area contributed by atoms with Crippen molar-refractivity contribution < 1.29 is 18.0 Å². The zero-order valence-electron chi connectivity index (χ0n) is 13.1. The van der Waals surface area contributed by atoms with E-state index in [1.807, 2.05) is 0 Å². The van der Waals surface area contributed by atoms with Gasteiger partial charge in [0.15, 0.2) is 0 Å². The molecule has 1 heterocycles. The molecule has 1 fully saturated rings. The number of carbonyl (C=O) groups is 2. The molecule has 1 atom stereocenters. The lowest BCUT2D eigenvalue weighted by molar-refractivity contribution is -0.129. The number of hydrogen-bond donors (Lipinski definition) is 3. The summed E-state index contributed by atoms with van der Waals surface area (Å²) < 4.78 is 24.7. The Morgan fingerprint density at radius 3 is 2.75 bits per heavy atom. The van der Waals surface area contributed by atoms with E-state index in [2.05, 4.69) is 15.4 Å². The van der Waals surface area contributed by atoms with Crippen molar-refractivity contribution in [2.75, 3.05) is 31.2 Å². The van der Waals surface area contributed by atoms with Crippen LogP contribution in [0.1, 0.15) is 6.42 Å². The molecule has 24 heavy (non-hydrogen) atoms. The van der Waals surface area contributed by atoms with E-state index in [0.29, 0.717) is 30.2 Å². The van der Waals surface area contributed by atoms with Crippen LogP contribution >= 0.6 is 11.6 Å². The number of nitrogens with one attached hydrogen (secondary N) is 3. The molecule has 3 amide bonds. The second-order valence-electron chi connectivity index (χ2n) is 5.42. The maximum absolute atomic E-state index is 12.0. The first-order chi connectivity index (χ1) is 11.3. The molecular formula is C14H19ClN4O4S. The Bertz CT molecular complexity index is 725. The number of sulfonamides is 1. The summed E-state index contributed by atoms with van der Waals surface area (Å²) in [7, 11) is -3.43. The first-order valence-corrected chi connectivity index (χ1v) is 9.58. The van der Waals surface area contributed by atoms with Crippen LogP contribution in [0.5, 0.6) is 0 Å². The lowest BCUT2D eigenvalue weighted by atomic mass is 10.3. The SMILES string of the molecule is CS(=O)(=O)NC1CCN(CCNC(=O)Nc2ccccc2Cl)C1=O. The molecule has 1 aromatic carbocycles. The molecule has 1 unspecified atom stereocenters. The van der Waals surface area contributed by atoms with Crippen LogP contribution in [0.25, 0.3) is 0 Å². The molecule has 0 bridgehead atoms. The molecule has 0 radical (unpaired) electrons. The van der Waals surface area contributed by atoms with E-state index in [1.165, 1.54) is 4.90 Å². The van der Waals surface area contributed by atoms with E-state index in [1.54, 1.807) is 24.3 Å². The summed E-state index contributed by atoms with van der Waals surface area (Å²) in [5.74, 6) is -0.284. The van der Waals surface area contributed by atoms with Crippen LogP contribution in [-0.4, -0.2) is 57.2 Å². The summed E-state index contributed by atoms with van der Waals surface area (Å²) >= 11 is 5.94. The Balaban J connectivity index is 1.75. The van der Waals surface area contributed by atoms with Gasteiger partial charge in [0.2, 0.25) is 15.9 Å². The number of urea groups is 1. The predicted molar refractivity (Wildman–Crippen MR) is 91.4 cm³/mol. The number of amides is 3. The molecule has 132 valence electrons. The lowest BCUT2D eigenvalue weighted by Crippen LogP contribution is -2.43. The van der Waals surface area contributed by atoms with Crippen molar-refractivity contribution in [2.24, 2.45) is 0 Å². The third kappa shape index (κ3) is 5.36. The van der Waals surface area contributed by atoms with Gasteiger partial charge in [-0.1, -0.05) is 23.7 Å². The largest absolute Gasteiger partial charge is 0.339 e. The molecule has 2 rings (SSSR count). The second kappa shape index (κ2) is 7.82. The minimum absolute atomic E-state index is 0.244. The first kappa shape index (κ1) is 18.5. The van der Waals surface area contributed by atoms with Crippen LogP contribution in [-0.2, 0) is 14.8 Å². The molecule has 0 saturated carbocycles. The van der Waals surface area contributed by atoms with E-state index >= 15 is 0 Å². The van der Waals surface area contributed by atoms with Crippen molar-refractivity contribution >= 4 is 39.2 Å². The van der Waals surface area contributed by atoms with Crippen LogP contribution in [0.3, 0.4) is 0 Å². The molecular weight excluding hydrogens is 356 g/mol. The zero-order valence-corrected chi connectivity index (χ0v) is 14.7. The van der Waals surface area contributed by atoms with Crippen molar-refractivity contribution in [3.8, 4) is 0 Å². The van der Waals surface area contributed by atoms with Crippen LogP contribution in [0.15, 0.2) is 24.3 Å². The Kier molecular flexibility index (Phi) is 6.03. The number of anilines is 1. The van der Waals surface area contributed by atoms with E-state index in [9.17, 15) is 18.0 Å². The summed E-state index contributed by atoms with van der Waals surface area (Å²) in [6, 6.07) is 5.69. The third-order valence-corrected chi connectivity index (χ3v) is 4.49. The molecule has 0 aromatic heterocycles. The second-order valence-corrected chi connectivity index (χ2v) is 7.60. The number of likely N-dealkylation sites (tertiary alicyclic amines) is 1. The van der Waals surface area contributed by atoms with Gasteiger partial charge in [-0.3, -0.25) is 4.79 Å². The quantitative estimate of drug-likeness (QED) is 0.678. The lowest BCUT2D eigenvalue weighted by Gasteiger charge is -2.17. The molecule has 1 aliphatic rings. The summed E-state index contributed by atoms with van der Waals surface area (Å²) in [4.78, 5) is 25.4. The first-order valence-electron chi connectivity index (χ1n) is 7.32. The van der Waals surface area contributed by atoms with Gasteiger partial charge in [-0.2, -0.15) is 0 Å². The number of carbonyl (C=O) groups excluding carboxylic acids is 2. The van der Waals surface area contributed by atoms with Crippen molar-refractivity contribution in [1.29, 1.82) is 0 Å². The number of rotatable bonds is 6. The molecule has 8 nitrogen and oxygen atoms in total. The zero-order chi connectivity index (χ0) is 17.7. The van der Waals surface area contributed by atoms with E-state index in [0.717, 1.165) is 6.26 Å². The Labute approximate surface area is 145 Å². The van der Waals surface area contributed by atoms with Gasteiger partial charge in [0.05, 0.1) is 17.0 Å². The number of para-hydroxylation sites is 1. The van der Waals surface area contributed by atoms with Crippen LogP contribution in [0.2, 0.25) is 5.02 Å². The van der Waals surface area contributed by atoms with Crippen molar-refractivity contribution in [3.05, 3.63) is 29.3 Å². The molecule has 1 aliphatic heterocycles. The van der Waals surface area contributed by atoms with E-state index in [-0.39, 0.29) is 12.5 Å². The number of hydrogen-bond acceptors (Lipinski definition) is 4. The number of nitrogens with zero attached hydrogens (tertiary/aromatic N) is 1. The number of benzene rings is 1. The minimum atomic E-state index is -3.43. The maximum Gasteiger partial charge on any atom is 0.319 e. The fourth-order valence-electron chi connectivity index (χ4n) is 2.36. The van der Waals surface area contributed by atoms with Gasteiger partial charge in [0.1, 0.15) is 6.04 Å². The van der Waals surface area contributed by atoms with E-state index in [4.69, 9.17) is 11.6 Å². The molecule has 3 N–H and O–H groups in total. The minimum Gasteiger partial charge on any atom is -0.339 e. The summed E-state index contributed by atoms with van der Waals surface area (Å²) in [5, 5.41) is 5.67. The van der Waals surface area contributed by atoms with Crippen molar-refractivity contribution in [3.63, 3.8) is 0 Å². The van der Waals surface area contributed by atoms with Gasteiger partial charge < -0.3 is 15.5 Å². The van der Waals surface area contributed by atoms with Crippen molar-refractivity contribution in [1.82, 2.24) is 14.9 Å². The van der Waals surface area contributed by atoms with E-state index < -0.39 is 22.1 Å². The topological polar surface area (TPSA) is 108 Å². The average Bonchev–Trinajstić information content (AvgIpc) is 2.81. The Hall–Kier alpha value is -1.84. The molecule has 1 aromatic rings. The normalized spacial score (nSPS) is 17.8. The van der Waals surface area contributed by atoms with Crippen LogP contribution < -0.4 is 15.4 Å². The number of halogens is 1. The molecule has 0 aliphatic carbocycles. The average molecular weight is 375 g/mol. The highest BCUT2D eigenvalue weighted by atomic mass is 35.5. The monoisotopic (exact) mass is 374 g/mol. The van der Waals surface area contributed by atoms with Crippen LogP contribution in [0, 0.1) is 0 Å². The predicted octanol–water partition coefficient (Wildman–Crippen LogP) is 0.612. The maximum atomic E-state index is 12.0. The third-order valence-electron chi connectivity index (χ3n) is 3.44. The molecule has 1 saturated heterocycles. The van der Waals surface area contributed by atoms with Gasteiger partial charge in [0, 0.05) is 19.6 Å². The molecule has 10 heteroatoms. The highest BCUT2D eigenvalue weighted by Crippen LogP contribution is 2.20. The van der Waals surface area contributed by atoms with Crippen molar-refractivity contribution in [2.45, 2.75) is 12.5 Å². The summed E-state index contributed by atoms with van der Waals surface area (Å²) in [6.45, 7) is 0.990. The standard InChI is InChI=1S/C14H19ClN4O4S/c1-24(22,23)18-12-6-8-19(13(12)20)9-7-16-14(21)17-11-5-3-2-4-10(11)15/h2-5,12,18H,6-9H2,1H3,(H2,16,17,21). The Morgan fingerprint density at radius 2 is 2.08 bits per heavy atom. The fourth-order valence-corrected chi connectivity index (χ4v) is 3.28. The molecule has 0 spiro atoms.